The van der Waals surface area contributed by atoms with Crippen molar-refractivity contribution >= 4 is 34.4 Å². The third kappa shape index (κ3) is 4.01. The number of ether oxygens (including phenoxy) is 2. The number of aromatic nitrogens is 4. The van der Waals surface area contributed by atoms with Crippen LogP contribution in [0.4, 0.5) is 5.69 Å². The van der Waals surface area contributed by atoms with Gasteiger partial charge < -0.3 is 14.8 Å². The number of hydrogen-bond donors (Lipinski definition) is 1. The highest BCUT2D eigenvalue weighted by Gasteiger charge is 2.18. The van der Waals surface area contributed by atoms with Crippen LogP contribution < -0.4 is 26.0 Å². The first-order valence-electron chi connectivity index (χ1n) is 8.85. The fourth-order valence-electron chi connectivity index (χ4n) is 2.87. The molecule has 0 atom stereocenters. The van der Waals surface area contributed by atoms with E-state index in [1.807, 2.05) is 0 Å². The maximum atomic E-state index is 12.6. The van der Waals surface area contributed by atoms with E-state index in [0.29, 0.717) is 28.0 Å². The van der Waals surface area contributed by atoms with Crippen LogP contribution in [0.3, 0.4) is 0 Å². The van der Waals surface area contributed by atoms with E-state index in [1.54, 1.807) is 25.1 Å². The average molecular weight is 431 g/mol. The molecule has 1 aromatic carbocycles. The minimum atomic E-state index is -0.509. The molecule has 0 radical (unpaired) electrons. The monoisotopic (exact) mass is 431 g/mol. The Hall–Kier alpha value is -3.34. The zero-order chi connectivity index (χ0) is 22.0. The van der Waals surface area contributed by atoms with Crippen molar-refractivity contribution in [3.05, 3.63) is 44.9 Å². The Labute approximate surface area is 175 Å². The van der Waals surface area contributed by atoms with E-state index >= 15 is 0 Å². The maximum absolute atomic E-state index is 12.6. The number of aryl methyl sites for hydroxylation is 2. The van der Waals surface area contributed by atoms with Crippen LogP contribution in [0.1, 0.15) is 5.82 Å². The summed E-state index contributed by atoms with van der Waals surface area (Å²) in [5.74, 6) is 1.11. The summed E-state index contributed by atoms with van der Waals surface area (Å²) in [4.78, 5) is 45.9. The molecule has 0 saturated carbocycles. The molecule has 3 aromatic rings. The standard InChI is InChI=1S/C19H21N5O5S/c1-10-20-16-15(18(26)24(3)19(27)23(16)2)17(21-10)30-9-14(25)22-12-8-11(28-4)6-7-13(12)29-5/h6-8H,9H2,1-5H3,(H,22,25). The van der Waals surface area contributed by atoms with E-state index in [2.05, 4.69) is 15.3 Å². The molecule has 0 spiro atoms. The van der Waals surface area contributed by atoms with E-state index in [0.717, 1.165) is 16.3 Å². The van der Waals surface area contributed by atoms with Crippen LogP contribution in [0.15, 0.2) is 32.8 Å². The molecule has 2 aromatic heterocycles. The Morgan fingerprint density at radius 3 is 2.53 bits per heavy atom. The van der Waals surface area contributed by atoms with Crippen molar-refractivity contribution in [2.45, 2.75) is 11.9 Å². The number of thioether (sulfide) groups is 1. The zero-order valence-corrected chi connectivity index (χ0v) is 18.0. The van der Waals surface area contributed by atoms with E-state index < -0.39 is 11.2 Å². The molecule has 0 unspecified atom stereocenters. The Kier molecular flexibility index (Phi) is 6.11. The Morgan fingerprint density at radius 2 is 1.87 bits per heavy atom. The van der Waals surface area contributed by atoms with Gasteiger partial charge >= 0.3 is 5.69 Å². The van der Waals surface area contributed by atoms with Gasteiger partial charge in [0.05, 0.1) is 25.7 Å². The Balaban J connectivity index is 1.90. The van der Waals surface area contributed by atoms with Crippen LogP contribution in [0.5, 0.6) is 11.5 Å². The van der Waals surface area contributed by atoms with E-state index in [1.165, 1.54) is 32.9 Å². The Bertz CT molecular complexity index is 1250. The van der Waals surface area contributed by atoms with Gasteiger partial charge in [0.1, 0.15) is 27.7 Å². The molecule has 0 aliphatic rings. The number of rotatable bonds is 6. The highest BCUT2D eigenvalue weighted by Crippen LogP contribution is 2.29. The molecule has 10 nitrogen and oxygen atoms in total. The highest BCUT2D eigenvalue weighted by molar-refractivity contribution is 8.00. The number of anilines is 1. The number of nitrogens with one attached hydrogen (secondary N) is 1. The van der Waals surface area contributed by atoms with Crippen molar-refractivity contribution in [2.24, 2.45) is 14.1 Å². The van der Waals surface area contributed by atoms with Gasteiger partial charge in [-0.1, -0.05) is 11.8 Å². The predicted octanol–water partition coefficient (Wildman–Crippen LogP) is 1.08. The minimum Gasteiger partial charge on any atom is -0.497 e. The molecule has 0 aliphatic carbocycles. The lowest BCUT2D eigenvalue weighted by Gasteiger charge is -2.12. The van der Waals surface area contributed by atoms with Crippen molar-refractivity contribution in [1.82, 2.24) is 19.1 Å². The highest BCUT2D eigenvalue weighted by atomic mass is 32.2. The molecular weight excluding hydrogens is 410 g/mol. The van der Waals surface area contributed by atoms with Crippen molar-refractivity contribution in [3.63, 3.8) is 0 Å². The van der Waals surface area contributed by atoms with Gasteiger partial charge in [0, 0.05) is 20.2 Å². The van der Waals surface area contributed by atoms with E-state index in [4.69, 9.17) is 9.47 Å². The summed E-state index contributed by atoms with van der Waals surface area (Å²) in [6, 6.07) is 5.06. The van der Waals surface area contributed by atoms with Crippen molar-refractivity contribution in [1.29, 1.82) is 0 Å². The largest absolute Gasteiger partial charge is 0.497 e. The number of benzene rings is 1. The molecule has 1 amide bonds. The lowest BCUT2D eigenvalue weighted by molar-refractivity contribution is -0.113. The summed E-state index contributed by atoms with van der Waals surface area (Å²) >= 11 is 1.09. The van der Waals surface area contributed by atoms with E-state index in [-0.39, 0.29) is 22.7 Å². The topological polar surface area (TPSA) is 117 Å². The minimum absolute atomic E-state index is 0.0160. The SMILES string of the molecule is COc1ccc(OC)c(NC(=O)CSc2nc(C)nc3c2c(=O)n(C)c(=O)n3C)c1. The van der Waals surface area contributed by atoms with Gasteiger partial charge in [-0.25, -0.2) is 14.8 Å². The number of fused-ring (bicyclic) bond motifs is 1. The lowest BCUT2D eigenvalue weighted by Crippen LogP contribution is -2.37. The third-order valence-electron chi connectivity index (χ3n) is 4.40. The summed E-state index contributed by atoms with van der Waals surface area (Å²) in [6.07, 6.45) is 0. The zero-order valence-electron chi connectivity index (χ0n) is 17.2. The first kappa shape index (κ1) is 21.4. The van der Waals surface area contributed by atoms with Crippen LogP contribution in [0.25, 0.3) is 11.0 Å². The molecule has 2 heterocycles. The summed E-state index contributed by atoms with van der Waals surface area (Å²) < 4.78 is 12.7. The molecule has 11 heteroatoms. The van der Waals surface area contributed by atoms with Crippen molar-refractivity contribution in [2.75, 3.05) is 25.3 Å². The molecule has 30 heavy (non-hydrogen) atoms. The molecule has 0 aliphatic heterocycles. The van der Waals surface area contributed by atoms with E-state index in [9.17, 15) is 14.4 Å². The normalized spacial score (nSPS) is 10.8. The fourth-order valence-corrected chi connectivity index (χ4v) is 3.73. The summed E-state index contributed by atoms with van der Waals surface area (Å²) in [7, 11) is 5.95. The number of nitrogens with zero attached hydrogens (tertiary/aromatic N) is 4. The molecule has 158 valence electrons. The fraction of sp³-hybridized carbons (Fsp3) is 0.316. The second kappa shape index (κ2) is 8.57. The number of methoxy groups -OCH3 is 2. The molecule has 0 bridgehead atoms. The number of carbonyl (C=O) groups is 1. The van der Waals surface area contributed by atoms with Gasteiger partial charge in [0.2, 0.25) is 5.91 Å². The molecule has 0 saturated heterocycles. The van der Waals surface area contributed by atoms with Crippen LogP contribution in [-0.4, -0.2) is 45.0 Å². The lowest BCUT2D eigenvalue weighted by atomic mass is 10.2. The average Bonchev–Trinajstić information content (AvgIpc) is 2.74. The molecule has 3 rings (SSSR count). The predicted molar refractivity (Wildman–Crippen MR) is 114 cm³/mol. The van der Waals surface area contributed by atoms with Crippen molar-refractivity contribution < 1.29 is 14.3 Å². The van der Waals surface area contributed by atoms with Crippen molar-refractivity contribution in [3.8, 4) is 11.5 Å². The number of amides is 1. The van der Waals surface area contributed by atoms with Crippen LogP contribution in [-0.2, 0) is 18.9 Å². The van der Waals surface area contributed by atoms with Gasteiger partial charge in [0.25, 0.3) is 5.56 Å². The maximum Gasteiger partial charge on any atom is 0.332 e. The Morgan fingerprint density at radius 1 is 1.13 bits per heavy atom. The van der Waals surface area contributed by atoms with Crippen LogP contribution >= 0.6 is 11.8 Å². The summed E-state index contributed by atoms with van der Waals surface area (Å²) in [5.41, 5.74) is -0.299. The summed E-state index contributed by atoms with van der Waals surface area (Å²) in [5, 5.41) is 3.30. The second-order valence-electron chi connectivity index (χ2n) is 6.38. The van der Waals surface area contributed by atoms with Gasteiger partial charge in [0.15, 0.2) is 5.65 Å². The van der Waals surface area contributed by atoms with Gasteiger partial charge in [-0.05, 0) is 19.1 Å². The van der Waals surface area contributed by atoms with Gasteiger partial charge in [-0.15, -0.1) is 0 Å². The van der Waals surface area contributed by atoms with Gasteiger partial charge in [-0.2, -0.15) is 0 Å². The molecule has 0 fully saturated rings. The van der Waals surface area contributed by atoms with Crippen LogP contribution in [0, 0.1) is 6.92 Å². The first-order chi connectivity index (χ1) is 14.3. The van der Waals surface area contributed by atoms with Crippen LogP contribution in [0.2, 0.25) is 0 Å². The summed E-state index contributed by atoms with van der Waals surface area (Å²) in [6.45, 7) is 1.66. The number of hydrogen-bond acceptors (Lipinski definition) is 8. The quantitative estimate of drug-likeness (QED) is 0.455. The first-order valence-corrected chi connectivity index (χ1v) is 9.84. The number of carbonyl (C=O) groups excluding carboxylic acids is 1. The second-order valence-corrected chi connectivity index (χ2v) is 7.35. The molecule has 1 N–H and O–H groups in total. The molecular formula is C19H21N5O5S. The van der Waals surface area contributed by atoms with Gasteiger partial charge in [-0.3, -0.25) is 18.7 Å². The third-order valence-corrected chi connectivity index (χ3v) is 5.37. The smallest absolute Gasteiger partial charge is 0.332 e.